The summed E-state index contributed by atoms with van der Waals surface area (Å²) in [5.41, 5.74) is 1.84. The molecule has 1 aliphatic heterocycles. The van der Waals surface area contributed by atoms with Crippen LogP contribution in [0, 0.1) is 0 Å². The SMILES string of the molecule is COc1cccc(NC(=O)CSc2ccc(N3CCN(c4cccc(Cl)c4)CC3)nn2)c1. The number of benzene rings is 2. The van der Waals surface area contributed by atoms with E-state index in [4.69, 9.17) is 16.3 Å². The highest BCUT2D eigenvalue weighted by molar-refractivity contribution is 7.99. The molecule has 7 nitrogen and oxygen atoms in total. The molecule has 2 aromatic carbocycles. The van der Waals surface area contributed by atoms with Gasteiger partial charge in [-0.05, 0) is 42.5 Å². The molecule has 0 saturated carbocycles. The molecule has 1 aliphatic rings. The van der Waals surface area contributed by atoms with Crippen LogP contribution in [0.2, 0.25) is 5.02 Å². The van der Waals surface area contributed by atoms with Gasteiger partial charge in [0.2, 0.25) is 5.91 Å². The van der Waals surface area contributed by atoms with E-state index in [9.17, 15) is 4.79 Å². The fourth-order valence-corrected chi connectivity index (χ4v) is 4.26. The Bertz CT molecular complexity index is 1060. The maximum Gasteiger partial charge on any atom is 0.234 e. The lowest BCUT2D eigenvalue weighted by atomic mass is 10.2. The van der Waals surface area contributed by atoms with E-state index in [2.05, 4.69) is 31.4 Å². The van der Waals surface area contributed by atoms with Gasteiger partial charge < -0.3 is 19.9 Å². The predicted molar refractivity (Wildman–Crippen MR) is 130 cm³/mol. The molecule has 1 N–H and O–H groups in total. The zero-order chi connectivity index (χ0) is 22.3. The van der Waals surface area contributed by atoms with E-state index in [1.807, 2.05) is 48.5 Å². The summed E-state index contributed by atoms with van der Waals surface area (Å²) in [6.45, 7) is 3.50. The molecule has 1 aromatic heterocycles. The number of thioether (sulfide) groups is 1. The predicted octanol–water partition coefficient (Wildman–Crippen LogP) is 4.20. The summed E-state index contributed by atoms with van der Waals surface area (Å²) in [6, 6.07) is 19.1. The van der Waals surface area contributed by atoms with Crippen molar-refractivity contribution in [2.45, 2.75) is 5.03 Å². The van der Waals surface area contributed by atoms with Crippen molar-refractivity contribution < 1.29 is 9.53 Å². The summed E-state index contributed by atoms with van der Waals surface area (Å²) in [5.74, 6) is 1.70. The number of piperazine rings is 1. The van der Waals surface area contributed by atoms with Crippen molar-refractivity contribution >= 4 is 46.5 Å². The zero-order valence-corrected chi connectivity index (χ0v) is 19.3. The van der Waals surface area contributed by atoms with Gasteiger partial charge in [0.15, 0.2) is 5.82 Å². The van der Waals surface area contributed by atoms with Gasteiger partial charge >= 0.3 is 0 Å². The van der Waals surface area contributed by atoms with E-state index in [0.717, 1.165) is 42.7 Å². The molecule has 0 spiro atoms. The van der Waals surface area contributed by atoms with Crippen LogP contribution in [-0.2, 0) is 4.79 Å². The first-order valence-corrected chi connectivity index (χ1v) is 11.6. The van der Waals surface area contributed by atoms with Crippen LogP contribution in [-0.4, -0.2) is 55.1 Å². The third-order valence-corrected chi connectivity index (χ3v) is 6.26. The van der Waals surface area contributed by atoms with Crippen LogP contribution in [0.1, 0.15) is 0 Å². The van der Waals surface area contributed by atoms with Crippen LogP contribution in [0.3, 0.4) is 0 Å². The highest BCUT2D eigenvalue weighted by Gasteiger charge is 2.19. The Balaban J connectivity index is 1.26. The number of hydrogen-bond acceptors (Lipinski definition) is 7. The van der Waals surface area contributed by atoms with Crippen LogP contribution in [0.5, 0.6) is 5.75 Å². The highest BCUT2D eigenvalue weighted by atomic mass is 35.5. The lowest BCUT2D eigenvalue weighted by Gasteiger charge is -2.36. The summed E-state index contributed by atoms with van der Waals surface area (Å²) in [7, 11) is 1.60. The van der Waals surface area contributed by atoms with E-state index in [1.54, 1.807) is 13.2 Å². The minimum atomic E-state index is -0.105. The van der Waals surface area contributed by atoms with Crippen molar-refractivity contribution in [1.29, 1.82) is 0 Å². The molecule has 1 amide bonds. The van der Waals surface area contributed by atoms with E-state index in [0.29, 0.717) is 16.5 Å². The largest absolute Gasteiger partial charge is 0.497 e. The number of aromatic nitrogens is 2. The van der Waals surface area contributed by atoms with E-state index >= 15 is 0 Å². The van der Waals surface area contributed by atoms with Crippen molar-refractivity contribution in [3.05, 3.63) is 65.7 Å². The van der Waals surface area contributed by atoms with Crippen molar-refractivity contribution in [2.75, 3.05) is 54.2 Å². The first-order valence-electron chi connectivity index (χ1n) is 10.3. The molecule has 4 rings (SSSR count). The fraction of sp³-hybridized carbons (Fsp3) is 0.261. The number of ether oxygens (including phenoxy) is 1. The maximum absolute atomic E-state index is 12.2. The zero-order valence-electron chi connectivity index (χ0n) is 17.7. The molecule has 0 unspecified atom stereocenters. The summed E-state index contributed by atoms with van der Waals surface area (Å²) < 4.78 is 5.17. The average Bonchev–Trinajstić information content (AvgIpc) is 2.83. The third-order valence-electron chi connectivity index (χ3n) is 5.11. The van der Waals surface area contributed by atoms with E-state index in [1.165, 1.54) is 11.8 Å². The first-order chi connectivity index (χ1) is 15.6. The number of hydrogen-bond donors (Lipinski definition) is 1. The van der Waals surface area contributed by atoms with Crippen LogP contribution in [0.25, 0.3) is 0 Å². The third kappa shape index (κ3) is 5.83. The number of amides is 1. The minimum absolute atomic E-state index is 0.105. The van der Waals surface area contributed by atoms with Crippen molar-refractivity contribution in [3.8, 4) is 5.75 Å². The Kier molecular flexibility index (Phi) is 7.34. The summed E-state index contributed by atoms with van der Waals surface area (Å²) >= 11 is 7.47. The molecule has 3 aromatic rings. The molecule has 1 fully saturated rings. The second kappa shape index (κ2) is 10.6. The molecule has 166 valence electrons. The van der Waals surface area contributed by atoms with Crippen LogP contribution in [0.4, 0.5) is 17.2 Å². The number of rotatable bonds is 7. The van der Waals surface area contributed by atoms with Gasteiger partial charge in [-0.15, -0.1) is 10.2 Å². The molecular weight excluding hydrogens is 446 g/mol. The van der Waals surface area contributed by atoms with Gasteiger partial charge in [-0.2, -0.15) is 0 Å². The second-order valence-electron chi connectivity index (χ2n) is 7.25. The number of anilines is 3. The topological polar surface area (TPSA) is 70.6 Å². The van der Waals surface area contributed by atoms with Crippen molar-refractivity contribution in [2.24, 2.45) is 0 Å². The molecule has 1 saturated heterocycles. The minimum Gasteiger partial charge on any atom is -0.497 e. The standard InChI is InChI=1S/C23H24ClN5O2S/c1-31-20-7-3-5-18(15-20)25-22(30)16-32-23-9-8-21(26-27-23)29-12-10-28(11-13-29)19-6-2-4-17(24)14-19/h2-9,14-15H,10-13,16H2,1H3,(H,25,30). The van der Waals surface area contributed by atoms with Gasteiger partial charge in [-0.25, -0.2) is 0 Å². The van der Waals surface area contributed by atoms with Crippen LogP contribution < -0.4 is 19.9 Å². The normalized spacial score (nSPS) is 13.7. The molecule has 0 bridgehead atoms. The smallest absolute Gasteiger partial charge is 0.234 e. The van der Waals surface area contributed by atoms with Gasteiger partial charge in [0.1, 0.15) is 10.8 Å². The van der Waals surface area contributed by atoms with Crippen LogP contribution in [0.15, 0.2) is 65.7 Å². The number of nitrogens with zero attached hydrogens (tertiary/aromatic N) is 4. The number of carbonyl (C=O) groups excluding carboxylic acids is 1. The van der Waals surface area contributed by atoms with Gasteiger partial charge in [-0.3, -0.25) is 4.79 Å². The Morgan fingerprint density at radius 2 is 1.81 bits per heavy atom. The molecule has 2 heterocycles. The van der Waals surface area contributed by atoms with Gasteiger partial charge in [0.25, 0.3) is 0 Å². The monoisotopic (exact) mass is 469 g/mol. The number of nitrogens with one attached hydrogen (secondary N) is 1. The maximum atomic E-state index is 12.2. The van der Waals surface area contributed by atoms with Gasteiger partial charge in [-0.1, -0.05) is 35.5 Å². The Morgan fingerprint density at radius 3 is 2.53 bits per heavy atom. The van der Waals surface area contributed by atoms with Gasteiger partial charge in [0, 0.05) is 48.6 Å². The van der Waals surface area contributed by atoms with Gasteiger partial charge in [0.05, 0.1) is 12.9 Å². The van der Waals surface area contributed by atoms with Crippen molar-refractivity contribution in [3.63, 3.8) is 0 Å². The Labute approximate surface area is 196 Å². The Hall–Kier alpha value is -2.97. The Morgan fingerprint density at radius 1 is 1.03 bits per heavy atom. The van der Waals surface area contributed by atoms with E-state index in [-0.39, 0.29) is 11.7 Å². The fourth-order valence-electron chi connectivity index (χ4n) is 3.46. The molecule has 0 atom stereocenters. The van der Waals surface area contributed by atoms with Crippen LogP contribution >= 0.6 is 23.4 Å². The average molecular weight is 470 g/mol. The summed E-state index contributed by atoms with van der Waals surface area (Å²) in [6.07, 6.45) is 0. The first kappa shape index (κ1) is 22.2. The highest BCUT2D eigenvalue weighted by Crippen LogP contribution is 2.23. The quantitative estimate of drug-likeness (QED) is 0.520. The molecular formula is C23H24ClN5O2S. The molecule has 9 heteroatoms. The number of carbonyl (C=O) groups is 1. The molecule has 32 heavy (non-hydrogen) atoms. The van der Waals surface area contributed by atoms with Crippen molar-refractivity contribution in [1.82, 2.24) is 10.2 Å². The van der Waals surface area contributed by atoms with E-state index < -0.39 is 0 Å². The molecule has 0 aliphatic carbocycles. The number of halogens is 1. The second-order valence-corrected chi connectivity index (χ2v) is 8.68. The summed E-state index contributed by atoms with van der Waals surface area (Å²) in [5, 5.41) is 13.0. The lowest BCUT2D eigenvalue weighted by molar-refractivity contribution is -0.113. The number of methoxy groups -OCH3 is 1. The lowest BCUT2D eigenvalue weighted by Crippen LogP contribution is -2.46. The molecule has 0 radical (unpaired) electrons. The summed E-state index contributed by atoms with van der Waals surface area (Å²) in [4.78, 5) is 16.8.